The van der Waals surface area contributed by atoms with Crippen LogP contribution in [0.2, 0.25) is 0 Å². The van der Waals surface area contributed by atoms with Crippen molar-refractivity contribution < 1.29 is 36.2 Å². The third-order valence-electron chi connectivity index (χ3n) is 4.64. The number of amides is 1. The second kappa shape index (κ2) is 6.40. The molecule has 0 unspecified atom stereocenters. The van der Waals surface area contributed by atoms with Crippen molar-refractivity contribution in [3.63, 3.8) is 0 Å². The zero-order chi connectivity index (χ0) is 19.2. The Morgan fingerprint density at radius 1 is 1.40 bits per heavy atom. The third kappa shape index (κ3) is 3.14. The molecule has 1 aliphatic heterocycles. The lowest BCUT2D eigenvalue weighted by Gasteiger charge is -2.31. The van der Waals surface area contributed by atoms with Crippen molar-refractivity contribution >= 4 is 5.91 Å². The third-order valence-corrected chi connectivity index (χ3v) is 4.64. The first-order valence-corrected chi connectivity index (χ1v) is 7.30. The molecule has 1 aromatic rings. The monoisotopic (exact) mass is 368 g/mol. The molecule has 1 saturated heterocycles. The van der Waals surface area contributed by atoms with Crippen LogP contribution in [-0.4, -0.2) is 35.9 Å². The molecule has 2 N–H and O–H groups in total. The first-order valence-electron chi connectivity index (χ1n) is 7.30. The number of methoxy groups -OCH3 is 1. The van der Waals surface area contributed by atoms with Gasteiger partial charge < -0.3 is 15.2 Å². The molecule has 25 heavy (non-hydrogen) atoms. The Hall–Kier alpha value is -1.97. The molecule has 1 fully saturated rings. The van der Waals surface area contributed by atoms with Crippen LogP contribution in [0.1, 0.15) is 37.4 Å². The summed E-state index contributed by atoms with van der Waals surface area (Å²) in [6.45, 7) is 2.07. The van der Waals surface area contributed by atoms with Gasteiger partial charge in [-0.3, -0.25) is 4.79 Å². The highest BCUT2D eigenvalue weighted by molar-refractivity contribution is 5.81. The Morgan fingerprint density at radius 2 is 2.00 bits per heavy atom. The van der Waals surface area contributed by atoms with Crippen molar-refractivity contribution in [2.45, 2.75) is 44.1 Å². The molecule has 0 radical (unpaired) electrons. The number of carbonyl (C=O) groups is 1. The van der Waals surface area contributed by atoms with Crippen molar-refractivity contribution in [2.24, 2.45) is 11.7 Å². The van der Waals surface area contributed by atoms with Crippen LogP contribution in [0.4, 0.5) is 22.0 Å². The Bertz CT molecular complexity index is 667. The highest BCUT2D eigenvalue weighted by atomic mass is 19.4. The highest BCUT2D eigenvalue weighted by Gasteiger charge is 2.65. The van der Waals surface area contributed by atoms with E-state index in [9.17, 15) is 26.7 Å². The Labute approximate surface area is 140 Å². The first kappa shape index (κ1) is 19.4. The van der Waals surface area contributed by atoms with Gasteiger partial charge in [0.15, 0.2) is 5.60 Å². The number of alkyl halides is 5. The molecule has 140 valence electrons. The lowest BCUT2D eigenvalue weighted by atomic mass is 9.77. The summed E-state index contributed by atoms with van der Waals surface area (Å²) in [5.74, 6) is -3.78. The minimum atomic E-state index is -4.77. The number of hydrogen-bond acceptors (Lipinski definition) is 4. The van der Waals surface area contributed by atoms with Crippen molar-refractivity contribution in [1.82, 2.24) is 4.98 Å². The van der Waals surface area contributed by atoms with Gasteiger partial charge in [0.25, 0.3) is 6.43 Å². The fraction of sp³-hybridized carbons (Fsp3) is 0.600. The summed E-state index contributed by atoms with van der Waals surface area (Å²) in [5, 5.41) is 0. The summed E-state index contributed by atoms with van der Waals surface area (Å²) in [7, 11) is 1.14. The van der Waals surface area contributed by atoms with Crippen molar-refractivity contribution in [3.05, 3.63) is 23.4 Å². The van der Waals surface area contributed by atoms with Crippen molar-refractivity contribution in [2.75, 3.05) is 7.11 Å². The van der Waals surface area contributed by atoms with Gasteiger partial charge in [-0.1, -0.05) is 13.0 Å². The molecule has 10 heteroatoms. The van der Waals surface area contributed by atoms with Crippen LogP contribution >= 0.6 is 0 Å². The summed E-state index contributed by atoms with van der Waals surface area (Å²) in [6.07, 6.45) is -9.25. The standard InChI is InChI=1S/C15H17F5N2O3/c1-6-9(7-4-5-8(11(16)17)22-13(7)24-3)10(12(21)23)25-14(6,2)15(18,19)20/h4-6,9-11H,1-3H3,(H2,21,23)/t6-,9+,10-,14+/m0/s1. The maximum Gasteiger partial charge on any atom is 0.417 e. The normalized spacial score (nSPS) is 29.9. The van der Waals surface area contributed by atoms with E-state index in [0.29, 0.717) is 0 Å². The number of halogens is 5. The largest absolute Gasteiger partial charge is 0.481 e. The molecular weight excluding hydrogens is 351 g/mol. The van der Waals surface area contributed by atoms with E-state index in [1.807, 2.05) is 0 Å². The zero-order valence-electron chi connectivity index (χ0n) is 13.6. The van der Waals surface area contributed by atoms with Gasteiger partial charge in [-0.05, 0) is 13.0 Å². The quantitative estimate of drug-likeness (QED) is 0.830. The Balaban J connectivity index is 2.57. The van der Waals surface area contributed by atoms with Crippen LogP contribution in [0, 0.1) is 5.92 Å². The number of hydrogen-bond donors (Lipinski definition) is 1. The summed E-state index contributed by atoms with van der Waals surface area (Å²) < 4.78 is 75.9. The fourth-order valence-corrected chi connectivity index (χ4v) is 3.05. The SMILES string of the molecule is COc1nc(C(F)F)ccc1[C@@H]1[C@@H](C(N)=O)O[C@@](C)(C(F)(F)F)[C@H]1C. The smallest absolute Gasteiger partial charge is 0.417 e. The van der Waals surface area contributed by atoms with E-state index in [4.69, 9.17) is 15.2 Å². The second-order valence-corrected chi connectivity index (χ2v) is 6.00. The molecule has 2 rings (SSSR count). The number of rotatable bonds is 4. The second-order valence-electron chi connectivity index (χ2n) is 6.00. The molecule has 1 amide bonds. The van der Waals surface area contributed by atoms with E-state index in [2.05, 4.69) is 4.98 Å². The van der Waals surface area contributed by atoms with E-state index < -0.39 is 47.7 Å². The lowest BCUT2D eigenvalue weighted by Crippen LogP contribution is -2.47. The molecule has 1 aliphatic rings. The topological polar surface area (TPSA) is 74.4 Å². The van der Waals surface area contributed by atoms with Gasteiger partial charge in [0.05, 0.1) is 7.11 Å². The van der Waals surface area contributed by atoms with Crippen LogP contribution in [-0.2, 0) is 9.53 Å². The van der Waals surface area contributed by atoms with Gasteiger partial charge >= 0.3 is 6.18 Å². The van der Waals surface area contributed by atoms with E-state index in [1.165, 1.54) is 6.92 Å². The van der Waals surface area contributed by atoms with Gasteiger partial charge in [0, 0.05) is 17.4 Å². The Kier molecular flexibility index (Phi) is 4.95. The van der Waals surface area contributed by atoms with Gasteiger partial charge in [-0.2, -0.15) is 13.2 Å². The average Bonchev–Trinajstić information content (AvgIpc) is 2.79. The van der Waals surface area contributed by atoms with Crippen LogP contribution in [0.15, 0.2) is 12.1 Å². The molecule has 0 spiro atoms. The van der Waals surface area contributed by atoms with E-state index in [1.54, 1.807) is 0 Å². The number of pyridine rings is 1. The summed E-state index contributed by atoms with van der Waals surface area (Å²) in [4.78, 5) is 15.3. The van der Waals surface area contributed by atoms with Crippen LogP contribution in [0.25, 0.3) is 0 Å². The average molecular weight is 368 g/mol. The predicted octanol–water partition coefficient (Wildman–Crippen LogP) is 2.95. The molecule has 0 aromatic carbocycles. The van der Waals surface area contributed by atoms with Crippen LogP contribution in [0.3, 0.4) is 0 Å². The molecule has 4 atom stereocenters. The van der Waals surface area contributed by atoms with E-state index >= 15 is 0 Å². The summed E-state index contributed by atoms with van der Waals surface area (Å²) >= 11 is 0. The maximum atomic E-state index is 13.5. The number of ether oxygens (including phenoxy) is 2. The van der Waals surface area contributed by atoms with Gasteiger partial charge in [0.1, 0.15) is 11.8 Å². The van der Waals surface area contributed by atoms with Crippen LogP contribution in [0.5, 0.6) is 5.88 Å². The number of nitrogens with zero attached hydrogens (tertiary/aromatic N) is 1. The molecule has 0 aliphatic carbocycles. The van der Waals surface area contributed by atoms with Gasteiger partial charge in [0.2, 0.25) is 11.8 Å². The number of primary amides is 1. The van der Waals surface area contributed by atoms with E-state index in [0.717, 1.165) is 26.2 Å². The van der Waals surface area contributed by atoms with E-state index in [-0.39, 0.29) is 11.4 Å². The molecular formula is C15H17F5N2O3. The lowest BCUT2D eigenvalue weighted by molar-refractivity contribution is -0.272. The predicted molar refractivity (Wildman–Crippen MR) is 76.2 cm³/mol. The summed E-state index contributed by atoms with van der Waals surface area (Å²) in [5.41, 5.74) is 2.03. The maximum absolute atomic E-state index is 13.5. The Morgan fingerprint density at radius 3 is 2.44 bits per heavy atom. The highest BCUT2D eigenvalue weighted by Crippen LogP contribution is 2.54. The first-order chi connectivity index (χ1) is 11.4. The number of nitrogens with two attached hydrogens (primary N) is 1. The molecule has 0 bridgehead atoms. The minimum absolute atomic E-state index is 0.0520. The van der Waals surface area contributed by atoms with Gasteiger partial charge in [-0.25, -0.2) is 13.8 Å². The number of carbonyl (C=O) groups excluding carboxylic acids is 1. The molecule has 0 saturated carbocycles. The van der Waals surface area contributed by atoms with Gasteiger partial charge in [-0.15, -0.1) is 0 Å². The minimum Gasteiger partial charge on any atom is -0.481 e. The molecule has 1 aromatic heterocycles. The molecule has 2 heterocycles. The molecule has 5 nitrogen and oxygen atoms in total. The van der Waals surface area contributed by atoms with Crippen LogP contribution < -0.4 is 10.5 Å². The van der Waals surface area contributed by atoms with Crippen molar-refractivity contribution in [1.29, 1.82) is 0 Å². The fourth-order valence-electron chi connectivity index (χ4n) is 3.05. The zero-order valence-corrected chi connectivity index (χ0v) is 13.6. The van der Waals surface area contributed by atoms with Crippen molar-refractivity contribution in [3.8, 4) is 5.88 Å². The number of aromatic nitrogens is 1. The summed E-state index contributed by atoms with van der Waals surface area (Å²) in [6, 6.07) is 2.13.